The van der Waals surface area contributed by atoms with E-state index >= 15 is 0 Å². The minimum Gasteiger partial charge on any atom is -0.385 e. The second-order valence-electron chi connectivity index (χ2n) is 5.39. The average Bonchev–Trinajstić information content (AvgIpc) is 2.55. The van der Waals surface area contributed by atoms with Crippen molar-refractivity contribution < 1.29 is 0 Å². The molecular formula is C19H20N2. The van der Waals surface area contributed by atoms with Crippen LogP contribution in [0.5, 0.6) is 0 Å². The Morgan fingerprint density at radius 2 is 1.86 bits per heavy atom. The summed E-state index contributed by atoms with van der Waals surface area (Å²) in [6.07, 6.45) is 4.32. The van der Waals surface area contributed by atoms with Crippen LogP contribution in [0.2, 0.25) is 0 Å². The van der Waals surface area contributed by atoms with E-state index in [1.54, 1.807) is 0 Å². The molecule has 0 bridgehead atoms. The second kappa shape index (κ2) is 6.40. The fraction of sp³-hybridized carbons (Fsp3) is 0.211. The number of anilines is 1. The van der Waals surface area contributed by atoms with Crippen LogP contribution in [0.1, 0.15) is 17.5 Å². The molecule has 4 rings (SSSR count). The third kappa shape index (κ3) is 3.40. The average molecular weight is 276 g/mol. The predicted octanol–water partition coefficient (Wildman–Crippen LogP) is 4.59. The molecule has 0 amide bonds. The van der Waals surface area contributed by atoms with Gasteiger partial charge in [-0.05, 0) is 43.5 Å². The first-order chi connectivity index (χ1) is 10.3. The van der Waals surface area contributed by atoms with Crippen molar-refractivity contribution in [1.29, 1.82) is 0 Å². The Kier molecular flexibility index (Phi) is 4.15. The van der Waals surface area contributed by atoms with Crippen molar-refractivity contribution in [2.24, 2.45) is 0 Å². The zero-order chi connectivity index (χ0) is 14.5. The Bertz CT molecular complexity index is 669. The molecule has 0 aliphatic carbocycles. The molecule has 1 aliphatic heterocycles. The van der Waals surface area contributed by atoms with Gasteiger partial charge in [-0.15, -0.1) is 0 Å². The zero-order valence-corrected chi connectivity index (χ0v) is 12.3. The normalized spacial score (nSPS) is 12.8. The summed E-state index contributed by atoms with van der Waals surface area (Å²) in [7, 11) is 0. The van der Waals surface area contributed by atoms with Crippen LogP contribution in [0.3, 0.4) is 0 Å². The number of nitrogens with zero attached hydrogens (tertiary/aromatic N) is 1. The lowest BCUT2D eigenvalue weighted by Crippen LogP contribution is -2.11. The molecule has 3 aromatic rings. The number of hydrogen-bond acceptors (Lipinski definition) is 2. The summed E-state index contributed by atoms with van der Waals surface area (Å²) in [5.41, 5.74) is 5.25. The lowest BCUT2D eigenvalue weighted by molar-refractivity contribution is 0.829. The van der Waals surface area contributed by atoms with Gasteiger partial charge in [-0.2, -0.15) is 0 Å². The second-order valence-corrected chi connectivity index (χ2v) is 5.39. The summed E-state index contributed by atoms with van der Waals surface area (Å²) in [5, 5.41) is 4.59. The van der Waals surface area contributed by atoms with Gasteiger partial charge in [-0.25, -0.2) is 0 Å². The van der Waals surface area contributed by atoms with E-state index in [-0.39, 0.29) is 0 Å². The van der Waals surface area contributed by atoms with Gasteiger partial charge in [0.1, 0.15) is 0 Å². The first-order valence-electron chi connectivity index (χ1n) is 7.46. The number of benzene rings is 2. The van der Waals surface area contributed by atoms with Crippen molar-refractivity contribution >= 4 is 16.6 Å². The number of aromatic nitrogens is 1. The van der Waals surface area contributed by atoms with Crippen LogP contribution < -0.4 is 5.32 Å². The van der Waals surface area contributed by atoms with E-state index < -0.39 is 0 Å². The minimum atomic E-state index is 1.06. The number of aryl methyl sites for hydroxylation is 2. The number of para-hydroxylation sites is 1. The van der Waals surface area contributed by atoms with Crippen LogP contribution >= 0.6 is 0 Å². The molecule has 106 valence electrons. The predicted molar refractivity (Wildman–Crippen MR) is 89.7 cm³/mol. The van der Waals surface area contributed by atoms with E-state index in [2.05, 4.69) is 47.6 Å². The van der Waals surface area contributed by atoms with E-state index in [4.69, 9.17) is 0 Å². The molecule has 0 saturated carbocycles. The summed E-state index contributed by atoms with van der Waals surface area (Å²) in [6, 6.07) is 18.7. The monoisotopic (exact) mass is 276 g/mol. The van der Waals surface area contributed by atoms with Crippen molar-refractivity contribution in [3.05, 3.63) is 71.9 Å². The van der Waals surface area contributed by atoms with Crippen LogP contribution in [0.15, 0.2) is 60.8 Å². The maximum absolute atomic E-state index is 4.18. The van der Waals surface area contributed by atoms with Gasteiger partial charge in [0, 0.05) is 23.8 Å². The molecule has 1 aliphatic rings. The van der Waals surface area contributed by atoms with Gasteiger partial charge >= 0.3 is 0 Å². The molecular weight excluding hydrogens is 256 g/mol. The molecule has 0 atom stereocenters. The Morgan fingerprint density at radius 3 is 2.76 bits per heavy atom. The van der Waals surface area contributed by atoms with Gasteiger partial charge in [0.25, 0.3) is 0 Å². The molecule has 0 saturated heterocycles. The minimum absolute atomic E-state index is 1.06. The molecule has 2 aromatic carbocycles. The topological polar surface area (TPSA) is 24.9 Å². The summed E-state index contributed by atoms with van der Waals surface area (Å²) in [5.74, 6) is 0. The molecule has 21 heavy (non-hydrogen) atoms. The maximum Gasteiger partial charge on any atom is 0.0701 e. The largest absolute Gasteiger partial charge is 0.385 e. The van der Waals surface area contributed by atoms with Crippen LogP contribution in [-0.2, 0) is 6.42 Å². The molecule has 2 nitrogen and oxygen atoms in total. The summed E-state index contributed by atoms with van der Waals surface area (Å²) >= 11 is 0. The lowest BCUT2D eigenvalue weighted by Gasteiger charge is -2.17. The number of pyridine rings is 1. The molecule has 0 fully saturated rings. The fourth-order valence-electron chi connectivity index (χ4n) is 2.62. The van der Waals surface area contributed by atoms with E-state index in [0.717, 1.165) is 12.1 Å². The Hall–Kier alpha value is -2.35. The Labute approximate surface area is 125 Å². The molecule has 0 unspecified atom stereocenters. The first-order valence-corrected chi connectivity index (χ1v) is 7.46. The standard InChI is InChI=1S/C10H13N.C9H7N/c1-8-4-5-10-9(7-8)3-2-6-11-10;1-2-6-9-8(4-1)5-3-7-10-9/h4-5,7,11H,2-3,6H2,1H3;1-7H. The van der Waals surface area contributed by atoms with Gasteiger partial charge < -0.3 is 5.32 Å². The highest BCUT2D eigenvalue weighted by Crippen LogP contribution is 2.22. The first kappa shape index (κ1) is 13.6. The zero-order valence-electron chi connectivity index (χ0n) is 12.3. The highest BCUT2D eigenvalue weighted by atomic mass is 14.9. The van der Waals surface area contributed by atoms with Crippen LogP contribution in [-0.4, -0.2) is 11.5 Å². The number of hydrogen-bond donors (Lipinski definition) is 1. The number of nitrogens with one attached hydrogen (secondary N) is 1. The van der Waals surface area contributed by atoms with Crippen LogP contribution in [0, 0.1) is 6.92 Å². The van der Waals surface area contributed by atoms with Crippen molar-refractivity contribution in [2.75, 3.05) is 11.9 Å². The van der Waals surface area contributed by atoms with E-state index in [9.17, 15) is 0 Å². The van der Waals surface area contributed by atoms with Gasteiger partial charge in [0.05, 0.1) is 5.52 Å². The van der Waals surface area contributed by atoms with Crippen molar-refractivity contribution in [1.82, 2.24) is 4.98 Å². The van der Waals surface area contributed by atoms with Crippen molar-refractivity contribution in [3.8, 4) is 0 Å². The maximum atomic E-state index is 4.18. The van der Waals surface area contributed by atoms with Crippen LogP contribution in [0.25, 0.3) is 10.9 Å². The molecule has 2 heteroatoms. The van der Waals surface area contributed by atoms with Gasteiger partial charge in [-0.3, -0.25) is 4.98 Å². The third-order valence-corrected chi connectivity index (χ3v) is 3.71. The van der Waals surface area contributed by atoms with E-state index in [1.165, 1.54) is 35.0 Å². The molecule has 0 spiro atoms. The van der Waals surface area contributed by atoms with Crippen molar-refractivity contribution in [2.45, 2.75) is 19.8 Å². The summed E-state index contributed by atoms with van der Waals surface area (Å²) < 4.78 is 0. The Morgan fingerprint density at radius 1 is 1.00 bits per heavy atom. The molecule has 1 aromatic heterocycles. The molecule has 0 radical (unpaired) electrons. The summed E-state index contributed by atoms with van der Waals surface area (Å²) in [4.78, 5) is 4.18. The quantitative estimate of drug-likeness (QED) is 0.649. The van der Waals surface area contributed by atoms with Gasteiger partial charge in [0.15, 0.2) is 0 Å². The summed E-state index contributed by atoms with van der Waals surface area (Å²) in [6.45, 7) is 3.28. The smallest absolute Gasteiger partial charge is 0.0701 e. The molecule has 1 N–H and O–H groups in total. The number of fused-ring (bicyclic) bond motifs is 2. The van der Waals surface area contributed by atoms with Crippen LogP contribution in [0.4, 0.5) is 5.69 Å². The highest BCUT2D eigenvalue weighted by Gasteiger charge is 2.06. The lowest BCUT2D eigenvalue weighted by atomic mass is 10.0. The van der Waals surface area contributed by atoms with E-state index in [0.29, 0.717) is 0 Å². The SMILES string of the molecule is Cc1ccc2c(c1)CCCN2.c1ccc2ncccc2c1. The van der Waals surface area contributed by atoms with E-state index in [1.807, 2.05) is 30.5 Å². The molecule has 2 heterocycles. The third-order valence-electron chi connectivity index (χ3n) is 3.71. The van der Waals surface area contributed by atoms with Gasteiger partial charge in [-0.1, -0.05) is 42.0 Å². The number of rotatable bonds is 0. The Balaban J connectivity index is 0.000000126. The van der Waals surface area contributed by atoms with Gasteiger partial charge in [0.2, 0.25) is 0 Å². The van der Waals surface area contributed by atoms with Crippen molar-refractivity contribution in [3.63, 3.8) is 0 Å². The fourth-order valence-corrected chi connectivity index (χ4v) is 2.62. The highest BCUT2D eigenvalue weighted by molar-refractivity contribution is 5.77.